The molecule has 4 aromatic rings. The Morgan fingerprint density at radius 2 is 1.37 bits per heavy atom. The lowest BCUT2D eigenvalue weighted by atomic mass is 9.95. The van der Waals surface area contributed by atoms with Crippen molar-refractivity contribution in [2.24, 2.45) is 5.92 Å². The third-order valence-electron chi connectivity index (χ3n) is 10.7. The second kappa shape index (κ2) is 27.1. The Kier molecular flexibility index (Phi) is 21.0. The van der Waals surface area contributed by atoms with Gasteiger partial charge in [0.2, 0.25) is 6.29 Å². The molecular weight excluding hydrogens is 1050 g/mol. The standard InChI is InChI=1S/C50H52Cl2N2O20S/c1-7-17-66-48(60)71-28(3)45(57)68-25-32(26-69-46(58)29(4)72-49(61)67-18-8-2)27-70-50(62)74-30(5)73-47(59)39(21-31-10-9-11-36(20-31)75(6,63)64)53-43(55)41-38(51)22-35-24-54(16-14-37(35)42(41)52)44(56)34-13-12-33-15-19-65-40(33)23-34/h7-13,15,19-20,22-23,28-30,32,39H,1-2,14,16-18,21,24-27H2,3-6H3,(H,53,55)/t28-,29-,30-,39+/m1/s1. The fourth-order valence-corrected chi connectivity index (χ4v) is 8.43. The molecule has 0 radical (unpaired) electrons. The minimum atomic E-state index is -3.72. The monoisotopic (exact) mass is 1100 g/mol. The first-order valence-electron chi connectivity index (χ1n) is 22.7. The summed E-state index contributed by atoms with van der Waals surface area (Å²) < 4.78 is 75.4. The van der Waals surface area contributed by atoms with E-state index < -0.39 is 102 Å². The number of benzene rings is 3. The van der Waals surface area contributed by atoms with E-state index in [1.807, 2.05) is 0 Å². The number of nitrogens with zero attached hydrogens (tertiary/aromatic N) is 1. The Bertz CT molecular complexity index is 2870. The molecule has 75 heavy (non-hydrogen) atoms. The van der Waals surface area contributed by atoms with Crippen LogP contribution in [0.5, 0.6) is 0 Å². The van der Waals surface area contributed by atoms with Crippen molar-refractivity contribution in [1.29, 1.82) is 0 Å². The maximum Gasteiger partial charge on any atom is 0.511 e. The van der Waals surface area contributed by atoms with Crippen molar-refractivity contribution in [3.05, 3.63) is 124 Å². The van der Waals surface area contributed by atoms with Crippen molar-refractivity contribution < 1.29 is 93.8 Å². The first-order chi connectivity index (χ1) is 35.6. The number of hydrogen-bond acceptors (Lipinski definition) is 20. The van der Waals surface area contributed by atoms with Gasteiger partial charge in [0, 0.05) is 43.6 Å². The third kappa shape index (κ3) is 17.0. The number of carbonyl (C=O) groups excluding carboxylic acids is 8. The van der Waals surface area contributed by atoms with E-state index in [1.165, 1.54) is 62.6 Å². The van der Waals surface area contributed by atoms with Crippen molar-refractivity contribution >= 4 is 92.2 Å². The number of amides is 2. The van der Waals surface area contributed by atoms with E-state index in [1.54, 1.807) is 29.2 Å². The van der Waals surface area contributed by atoms with E-state index in [0.29, 0.717) is 22.3 Å². The molecule has 4 atom stereocenters. The minimum Gasteiger partial charge on any atom is -0.464 e. The molecule has 5 rings (SSSR count). The molecule has 0 unspecified atom stereocenters. The summed E-state index contributed by atoms with van der Waals surface area (Å²) in [6.07, 6.45) is -3.62. The second-order valence-electron chi connectivity index (χ2n) is 16.5. The number of rotatable bonds is 23. The highest BCUT2D eigenvalue weighted by Crippen LogP contribution is 2.35. The molecule has 0 fully saturated rings. The molecule has 1 N–H and O–H groups in total. The maximum atomic E-state index is 14.1. The van der Waals surface area contributed by atoms with Crippen LogP contribution in [0.4, 0.5) is 14.4 Å². The van der Waals surface area contributed by atoms with Crippen molar-refractivity contribution in [1.82, 2.24) is 10.2 Å². The number of sulfone groups is 1. The number of furan rings is 1. The molecule has 0 saturated heterocycles. The lowest BCUT2D eigenvalue weighted by molar-refractivity contribution is -0.170. The van der Waals surface area contributed by atoms with Gasteiger partial charge < -0.3 is 57.3 Å². The van der Waals surface area contributed by atoms with Crippen LogP contribution in [-0.2, 0) is 86.2 Å². The average molecular weight is 1100 g/mol. The smallest absolute Gasteiger partial charge is 0.464 e. The summed E-state index contributed by atoms with van der Waals surface area (Å²) in [7, 11) is -3.72. The van der Waals surface area contributed by atoms with Crippen molar-refractivity contribution in [3.8, 4) is 0 Å². The van der Waals surface area contributed by atoms with Crippen molar-refractivity contribution in [2.45, 2.75) is 69.6 Å². The summed E-state index contributed by atoms with van der Waals surface area (Å²) >= 11 is 13.6. The molecule has 0 saturated carbocycles. The molecule has 1 aliphatic heterocycles. The number of carbonyl (C=O) groups is 8. The van der Waals surface area contributed by atoms with Crippen molar-refractivity contribution in [2.75, 3.05) is 45.8 Å². The predicted octanol–water partition coefficient (Wildman–Crippen LogP) is 6.88. The fraction of sp³-hybridized carbons (Fsp3) is 0.360. The number of hydrogen-bond donors (Lipinski definition) is 1. The first-order valence-corrected chi connectivity index (χ1v) is 25.3. The highest BCUT2D eigenvalue weighted by molar-refractivity contribution is 7.90. The molecular formula is C50H52Cl2N2O20S. The summed E-state index contributed by atoms with van der Waals surface area (Å²) in [4.78, 5) is 105. The van der Waals surface area contributed by atoms with E-state index in [2.05, 4.69) is 27.9 Å². The number of esters is 3. The van der Waals surface area contributed by atoms with Crippen LogP contribution in [0.25, 0.3) is 11.0 Å². The zero-order valence-electron chi connectivity index (χ0n) is 40.9. The molecule has 2 heterocycles. The molecule has 0 aliphatic carbocycles. The van der Waals surface area contributed by atoms with E-state index in [-0.39, 0.29) is 71.1 Å². The second-order valence-corrected chi connectivity index (χ2v) is 19.3. The summed E-state index contributed by atoms with van der Waals surface area (Å²) in [6.45, 7) is 8.30. The van der Waals surface area contributed by atoms with Crippen LogP contribution < -0.4 is 5.32 Å². The quantitative estimate of drug-likeness (QED) is 0.0343. The SMILES string of the molecule is C=CCOC(=O)O[C@H](C)C(=O)OCC(COC(=O)O[C@H](C)OC(=O)[C@H](Cc1cccc(S(C)(=O)=O)c1)NC(=O)c1c(Cl)cc2c(c1Cl)CCN(C(=O)c1ccc3ccoc3c1)C2)COC(=O)[C@@H](C)OC(=O)OCC=C. The summed E-state index contributed by atoms with van der Waals surface area (Å²) in [5.74, 6) is -5.67. The Labute approximate surface area is 439 Å². The van der Waals surface area contributed by atoms with Crippen LogP contribution in [0.1, 0.15) is 58.2 Å². The molecule has 0 bridgehead atoms. The fourth-order valence-electron chi connectivity index (χ4n) is 6.98. The topological polar surface area (TPSA) is 282 Å². The van der Waals surface area contributed by atoms with Gasteiger partial charge >= 0.3 is 36.4 Å². The van der Waals surface area contributed by atoms with Gasteiger partial charge in [-0.15, -0.1) is 0 Å². The average Bonchev–Trinajstić information content (AvgIpc) is 3.84. The first kappa shape index (κ1) is 58.3. The van der Waals surface area contributed by atoms with E-state index in [9.17, 15) is 46.8 Å². The molecule has 2 amide bonds. The normalized spacial score (nSPS) is 13.6. The highest BCUT2D eigenvalue weighted by atomic mass is 35.5. The maximum absolute atomic E-state index is 14.1. The summed E-state index contributed by atoms with van der Waals surface area (Å²) in [5, 5.41) is 3.23. The molecule has 1 aromatic heterocycles. The van der Waals surface area contributed by atoms with Crippen LogP contribution in [0.3, 0.4) is 0 Å². The van der Waals surface area contributed by atoms with Crippen LogP contribution in [0.2, 0.25) is 10.0 Å². The molecule has 3 aromatic carbocycles. The molecule has 0 spiro atoms. The lowest BCUT2D eigenvalue weighted by Crippen LogP contribution is -2.45. The number of fused-ring (bicyclic) bond motifs is 2. The Morgan fingerprint density at radius 3 is 1.99 bits per heavy atom. The molecule has 1 aliphatic rings. The number of halogens is 2. The Hall–Kier alpha value is -7.63. The minimum absolute atomic E-state index is 0.0359. The van der Waals surface area contributed by atoms with Crippen LogP contribution in [-0.4, -0.2) is 132 Å². The summed E-state index contributed by atoms with van der Waals surface area (Å²) in [6, 6.07) is 12.3. The number of nitrogens with one attached hydrogen (secondary N) is 1. The highest BCUT2D eigenvalue weighted by Gasteiger charge is 2.33. The van der Waals surface area contributed by atoms with Gasteiger partial charge in [0.05, 0.1) is 32.7 Å². The molecule has 22 nitrogen and oxygen atoms in total. The van der Waals surface area contributed by atoms with E-state index >= 15 is 0 Å². The van der Waals surface area contributed by atoms with E-state index in [4.69, 9.17) is 60.8 Å². The van der Waals surface area contributed by atoms with Crippen molar-refractivity contribution in [3.63, 3.8) is 0 Å². The zero-order valence-corrected chi connectivity index (χ0v) is 43.2. The Balaban J connectivity index is 1.26. The van der Waals surface area contributed by atoms with Gasteiger partial charge in [0.25, 0.3) is 11.8 Å². The van der Waals surface area contributed by atoms with Gasteiger partial charge in [0.1, 0.15) is 44.7 Å². The van der Waals surface area contributed by atoms with Gasteiger partial charge in [-0.25, -0.2) is 37.2 Å². The van der Waals surface area contributed by atoms with Crippen LogP contribution in [0, 0.1) is 5.92 Å². The third-order valence-corrected chi connectivity index (χ3v) is 12.6. The van der Waals surface area contributed by atoms with Gasteiger partial charge in [-0.2, -0.15) is 0 Å². The van der Waals surface area contributed by atoms with Gasteiger partial charge in [-0.05, 0) is 73.4 Å². The summed E-state index contributed by atoms with van der Waals surface area (Å²) in [5.41, 5.74) is 2.12. The van der Waals surface area contributed by atoms with Gasteiger partial charge in [-0.3, -0.25) is 9.59 Å². The van der Waals surface area contributed by atoms with Crippen LogP contribution in [0.15, 0.2) is 95.5 Å². The lowest BCUT2D eigenvalue weighted by Gasteiger charge is -2.30. The van der Waals surface area contributed by atoms with Crippen LogP contribution >= 0.6 is 23.2 Å². The molecule has 25 heteroatoms. The van der Waals surface area contributed by atoms with Gasteiger partial charge in [-0.1, -0.05) is 66.7 Å². The molecule has 402 valence electrons. The number of ether oxygens (including phenoxy) is 9. The largest absolute Gasteiger partial charge is 0.511 e. The van der Waals surface area contributed by atoms with E-state index in [0.717, 1.165) is 18.6 Å². The predicted molar refractivity (Wildman–Crippen MR) is 263 cm³/mol. The van der Waals surface area contributed by atoms with Gasteiger partial charge in [0.15, 0.2) is 22.0 Å². The zero-order chi connectivity index (χ0) is 55.0. The Morgan fingerprint density at radius 1 is 0.760 bits per heavy atom.